The first-order valence-electron chi connectivity index (χ1n) is 5.15. The first-order chi connectivity index (χ1) is 8.24. The quantitative estimate of drug-likeness (QED) is 0.865. The van der Waals surface area contributed by atoms with E-state index in [4.69, 9.17) is 17.3 Å². The predicted octanol–water partition coefficient (Wildman–Crippen LogP) is 2.95. The Morgan fingerprint density at radius 3 is 2.50 bits per heavy atom. The fourth-order valence-electron chi connectivity index (χ4n) is 1.40. The number of anilines is 1. The minimum atomic E-state index is -4.43. The molecule has 0 aliphatic heterocycles. The van der Waals surface area contributed by atoms with Gasteiger partial charge in [-0.25, -0.2) is 0 Å². The Morgan fingerprint density at radius 2 is 2.06 bits per heavy atom. The van der Waals surface area contributed by atoms with Gasteiger partial charge in [-0.1, -0.05) is 11.6 Å². The standard InChI is InChI=1S/C11H12ClF3N2O/c1-2-17(6-11(13,14)15)10(18)7-3-4-8(12)9(16)5-7/h3-5H,2,6,16H2,1H3. The lowest BCUT2D eigenvalue weighted by atomic mass is 10.1. The number of halogens is 4. The molecular weight excluding hydrogens is 269 g/mol. The normalized spacial score (nSPS) is 11.4. The van der Waals surface area contributed by atoms with Crippen LogP contribution in [0.4, 0.5) is 18.9 Å². The van der Waals surface area contributed by atoms with Crippen LogP contribution in [0.3, 0.4) is 0 Å². The molecule has 0 atom stereocenters. The Labute approximate surface area is 107 Å². The average Bonchev–Trinajstić information content (AvgIpc) is 2.27. The third-order valence-electron chi connectivity index (χ3n) is 2.28. The molecule has 0 saturated heterocycles. The highest BCUT2D eigenvalue weighted by molar-refractivity contribution is 6.33. The molecule has 0 fully saturated rings. The minimum absolute atomic E-state index is 0.0408. The van der Waals surface area contributed by atoms with E-state index in [1.165, 1.54) is 25.1 Å². The highest BCUT2D eigenvalue weighted by Crippen LogP contribution is 2.22. The summed E-state index contributed by atoms with van der Waals surface area (Å²) in [5.41, 5.74) is 5.75. The van der Waals surface area contributed by atoms with E-state index in [0.29, 0.717) is 4.90 Å². The average molecular weight is 281 g/mol. The minimum Gasteiger partial charge on any atom is -0.398 e. The first-order valence-corrected chi connectivity index (χ1v) is 5.53. The largest absolute Gasteiger partial charge is 0.406 e. The summed E-state index contributed by atoms with van der Waals surface area (Å²) in [5.74, 6) is -0.724. The van der Waals surface area contributed by atoms with Crippen molar-refractivity contribution < 1.29 is 18.0 Å². The van der Waals surface area contributed by atoms with E-state index in [9.17, 15) is 18.0 Å². The summed E-state index contributed by atoms with van der Waals surface area (Å²) in [6.07, 6.45) is -4.43. The van der Waals surface area contributed by atoms with Gasteiger partial charge in [-0.05, 0) is 25.1 Å². The number of rotatable bonds is 3. The van der Waals surface area contributed by atoms with Gasteiger partial charge in [0.1, 0.15) is 6.54 Å². The SMILES string of the molecule is CCN(CC(F)(F)F)C(=O)c1ccc(Cl)c(N)c1. The van der Waals surface area contributed by atoms with Crippen LogP contribution in [0.5, 0.6) is 0 Å². The topological polar surface area (TPSA) is 46.3 Å². The van der Waals surface area contributed by atoms with Crippen LogP contribution in [0.2, 0.25) is 5.02 Å². The summed E-state index contributed by atoms with van der Waals surface area (Å²) in [4.78, 5) is 12.5. The van der Waals surface area contributed by atoms with Gasteiger partial charge in [-0.3, -0.25) is 4.79 Å². The van der Waals surface area contributed by atoms with Crippen molar-refractivity contribution in [1.82, 2.24) is 4.90 Å². The molecule has 0 aliphatic rings. The molecule has 0 saturated carbocycles. The Bertz CT molecular complexity index is 448. The van der Waals surface area contributed by atoms with E-state index < -0.39 is 18.6 Å². The molecule has 0 spiro atoms. The lowest BCUT2D eigenvalue weighted by molar-refractivity contribution is -0.140. The lowest BCUT2D eigenvalue weighted by Crippen LogP contribution is -2.38. The fourth-order valence-corrected chi connectivity index (χ4v) is 1.52. The monoisotopic (exact) mass is 280 g/mol. The van der Waals surface area contributed by atoms with Crippen molar-refractivity contribution in [2.24, 2.45) is 0 Å². The molecule has 18 heavy (non-hydrogen) atoms. The molecule has 100 valence electrons. The molecule has 1 aromatic rings. The maximum Gasteiger partial charge on any atom is 0.406 e. The predicted molar refractivity (Wildman–Crippen MR) is 63.5 cm³/mol. The second-order valence-corrected chi connectivity index (χ2v) is 4.08. The van der Waals surface area contributed by atoms with Gasteiger partial charge in [-0.2, -0.15) is 13.2 Å². The molecule has 0 aromatic heterocycles. The van der Waals surface area contributed by atoms with E-state index in [0.717, 1.165) is 0 Å². The van der Waals surface area contributed by atoms with Crippen LogP contribution >= 0.6 is 11.6 Å². The highest BCUT2D eigenvalue weighted by atomic mass is 35.5. The van der Waals surface area contributed by atoms with Crippen molar-refractivity contribution in [2.75, 3.05) is 18.8 Å². The molecule has 0 unspecified atom stereocenters. The smallest absolute Gasteiger partial charge is 0.398 e. The number of hydrogen-bond donors (Lipinski definition) is 1. The van der Waals surface area contributed by atoms with Crippen LogP contribution in [-0.4, -0.2) is 30.1 Å². The zero-order chi connectivity index (χ0) is 13.9. The molecular formula is C11H12ClF3N2O. The van der Waals surface area contributed by atoms with Gasteiger partial charge in [0.25, 0.3) is 5.91 Å². The van der Waals surface area contributed by atoms with E-state index in [2.05, 4.69) is 0 Å². The summed E-state index contributed by atoms with van der Waals surface area (Å²) in [6.45, 7) is 0.147. The van der Waals surface area contributed by atoms with Crippen molar-refractivity contribution in [3.05, 3.63) is 28.8 Å². The van der Waals surface area contributed by atoms with Crippen molar-refractivity contribution in [1.29, 1.82) is 0 Å². The van der Waals surface area contributed by atoms with Crippen molar-refractivity contribution in [3.63, 3.8) is 0 Å². The summed E-state index contributed by atoms with van der Waals surface area (Å²) in [7, 11) is 0. The van der Waals surface area contributed by atoms with Crippen LogP contribution in [-0.2, 0) is 0 Å². The Hall–Kier alpha value is -1.43. The molecule has 7 heteroatoms. The van der Waals surface area contributed by atoms with Gasteiger partial charge in [0.2, 0.25) is 0 Å². The number of hydrogen-bond acceptors (Lipinski definition) is 2. The van der Waals surface area contributed by atoms with Gasteiger partial charge in [0.05, 0.1) is 10.7 Å². The van der Waals surface area contributed by atoms with Gasteiger partial charge < -0.3 is 10.6 Å². The molecule has 1 aromatic carbocycles. The number of alkyl halides is 3. The van der Waals surface area contributed by atoms with Gasteiger partial charge in [0.15, 0.2) is 0 Å². The summed E-state index contributed by atoms with van der Waals surface area (Å²) in [5, 5.41) is 0.255. The van der Waals surface area contributed by atoms with E-state index in [-0.39, 0.29) is 22.8 Å². The molecule has 0 radical (unpaired) electrons. The molecule has 1 rings (SSSR count). The maximum absolute atomic E-state index is 12.3. The van der Waals surface area contributed by atoms with Crippen molar-refractivity contribution in [3.8, 4) is 0 Å². The molecule has 2 N–H and O–H groups in total. The number of benzene rings is 1. The Balaban J connectivity index is 2.93. The van der Waals surface area contributed by atoms with Crippen molar-refractivity contribution in [2.45, 2.75) is 13.1 Å². The summed E-state index contributed by atoms with van der Waals surface area (Å²) in [6, 6.07) is 4.00. The Morgan fingerprint density at radius 1 is 1.44 bits per heavy atom. The first kappa shape index (κ1) is 14.6. The third-order valence-corrected chi connectivity index (χ3v) is 2.63. The van der Waals surface area contributed by atoms with Gasteiger partial charge in [0, 0.05) is 12.1 Å². The zero-order valence-corrected chi connectivity index (χ0v) is 10.3. The maximum atomic E-state index is 12.3. The van der Waals surface area contributed by atoms with E-state index in [1.54, 1.807) is 0 Å². The van der Waals surface area contributed by atoms with Crippen LogP contribution < -0.4 is 5.73 Å². The number of carbonyl (C=O) groups is 1. The highest BCUT2D eigenvalue weighted by Gasteiger charge is 2.32. The number of nitrogens with zero attached hydrogens (tertiary/aromatic N) is 1. The molecule has 3 nitrogen and oxygen atoms in total. The molecule has 0 aliphatic carbocycles. The second kappa shape index (κ2) is 5.48. The van der Waals surface area contributed by atoms with Crippen LogP contribution in [0.1, 0.15) is 17.3 Å². The molecule has 1 amide bonds. The lowest BCUT2D eigenvalue weighted by Gasteiger charge is -2.22. The fraction of sp³-hybridized carbons (Fsp3) is 0.364. The van der Waals surface area contributed by atoms with Gasteiger partial charge >= 0.3 is 6.18 Å². The van der Waals surface area contributed by atoms with Crippen LogP contribution in [0.25, 0.3) is 0 Å². The molecule has 0 bridgehead atoms. The summed E-state index contributed by atoms with van der Waals surface area (Å²) >= 11 is 5.68. The van der Waals surface area contributed by atoms with E-state index in [1.807, 2.05) is 0 Å². The van der Waals surface area contributed by atoms with Crippen LogP contribution in [0, 0.1) is 0 Å². The number of amides is 1. The number of nitrogen functional groups attached to an aromatic ring is 1. The third kappa shape index (κ3) is 3.80. The zero-order valence-electron chi connectivity index (χ0n) is 9.59. The Kier molecular flexibility index (Phi) is 4.45. The summed E-state index contributed by atoms with van der Waals surface area (Å²) < 4.78 is 36.8. The number of carbonyl (C=O) groups excluding carboxylic acids is 1. The van der Waals surface area contributed by atoms with Gasteiger partial charge in [-0.15, -0.1) is 0 Å². The van der Waals surface area contributed by atoms with Crippen molar-refractivity contribution >= 4 is 23.2 Å². The van der Waals surface area contributed by atoms with Crippen LogP contribution in [0.15, 0.2) is 18.2 Å². The number of nitrogens with two attached hydrogens (primary N) is 1. The van der Waals surface area contributed by atoms with E-state index >= 15 is 0 Å². The second-order valence-electron chi connectivity index (χ2n) is 3.67. The molecule has 0 heterocycles.